The van der Waals surface area contributed by atoms with E-state index in [0.29, 0.717) is 5.69 Å². The van der Waals surface area contributed by atoms with E-state index in [9.17, 15) is 14.7 Å². The molecule has 0 aliphatic heterocycles. The van der Waals surface area contributed by atoms with Crippen LogP contribution in [0.3, 0.4) is 0 Å². The molecule has 3 rings (SSSR count). The molecule has 0 heterocycles. The van der Waals surface area contributed by atoms with Gasteiger partial charge in [0.2, 0.25) is 5.91 Å². The van der Waals surface area contributed by atoms with Gasteiger partial charge in [0, 0.05) is 16.4 Å². The van der Waals surface area contributed by atoms with Crippen molar-refractivity contribution in [3.63, 3.8) is 0 Å². The number of carbonyl (C=O) groups excluding carboxylic acids is 2. The van der Waals surface area contributed by atoms with Crippen molar-refractivity contribution < 1.29 is 14.7 Å². The standard InChI is InChI=1S/C16H16BrNO3/c1-8-2-5-12(11(17)6-8)18-15(19)13-9-3-4-10(7-9)14(13)16(20)21/h2-6,9-10,13-14H,7H2,1H3,(H,18,19)(H,20,21)/p-1/t9-,10+,13-,14+/m1/s1. The normalized spacial score (nSPS) is 29.6. The minimum atomic E-state index is -1.13. The number of amides is 1. The predicted molar refractivity (Wildman–Crippen MR) is 80.2 cm³/mol. The number of carboxylic acids is 1. The Kier molecular flexibility index (Phi) is 3.61. The first-order valence-electron chi connectivity index (χ1n) is 6.93. The fraction of sp³-hybridized carbons (Fsp3) is 0.375. The molecule has 2 aliphatic carbocycles. The third-order valence-electron chi connectivity index (χ3n) is 4.42. The van der Waals surface area contributed by atoms with Crippen LogP contribution in [-0.4, -0.2) is 11.9 Å². The van der Waals surface area contributed by atoms with Crippen molar-refractivity contribution in [2.45, 2.75) is 13.3 Å². The number of aliphatic carboxylic acids is 1. The summed E-state index contributed by atoms with van der Waals surface area (Å²) < 4.78 is 0.791. The highest BCUT2D eigenvalue weighted by Crippen LogP contribution is 2.48. The Morgan fingerprint density at radius 3 is 2.52 bits per heavy atom. The van der Waals surface area contributed by atoms with Crippen LogP contribution in [-0.2, 0) is 9.59 Å². The quantitative estimate of drug-likeness (QED) is 0.848. The average molecular weight is 349 g/mol. The number of aryl methyl sites for hydroxylation is 1. The smallest absolute Gasteiger partial charge is 0.228 e. The summed E-state index contributed by atoms with van der Waals surface area (Å²) in [6, 6.07) is 5.62. The molecule has 2 aliphatic rings. The molecule has 5 heteroatoms. The number of carboxylic acid groups (broad SMARTS) is 1. The Hall–Kier alpha value is -1.62. The number of anilines is 1. The Balaban J connectivity index is 1.82. The van der Waals surface area contributed by atoms with Gasteiger partial charge in [0.1, 0.15) is 0 Å². The van der Waals surface area contributed by atoms with E-state index in [0.717, 1.165) is 16.5 Å². The van der Waals surface area contributed by atoms with Gasteiger partial charge in [0.05, 0.1) is 11.6 Å². The van der Waals surface area contributed by atoms with Crippen LogP contribution in [0.25, 0.3) is 0 Å². The summed E-state index contributed by atoms with van der Waals surface area (Å²) in [6.07, 6.45) is 4.58. The van der Waals surface area contributed by atoms with Crippen LogP contribution in [0.5, 0.6) is 0 Å². The number of hydrogen-bond donors (Lipinski definition) is 1. The van der Waals surface area contributed by atoms with Gasteiger partial charge in [-0.15, -0.1) is 0 Å². The van der Waals surface area contributed by atoms with E-state index in [4.69, 9.17) is 0 Å². The molecule has 1 fully saturated rings. The van der Waals surface area contributed by atoms with Crippen molar-refractivity contribution in [2.75, 3.05) is 5.32 Å². The molecule has 1 saturated carbocycles. The Bertz CT molecular complexity index is 640. The first-order valence-corrected chi connectivity index (χ1v) is 7.73. The van der Waals surface area contributed by atoms with Gasteiger partial charge >= 0.3 is 0 Å². The van der Waals surface area contributed by atoms with Gasteiger partial charge in [-0.05, 0) is 58.8 Å². The highest BCUT2D eigenvalue weighted by Gasteiger charge is 2.48. The molecular formula is C16H15BrNO3-. The van der Waals surface area contributed by atoms with E-state index in [2.05, 4.69) is 21.2 Å². The molecule has 4 atom stereocenters. The Morgan fingerprint density at radius 1 is 1.24 bits per heavy atom. The molecule has 1 N–H and O–H groups in total. The molecule has 1 aromatic rings. The van der Waals surface area contributed by atoms with Gasteiger partial charge in [-0.1, -0.05) is 18.2 Å². The fourth-order valence-corrected chi connectivity index (χ4v) is 4.03. The second-order valence-corrected chi connectivity index (χ2v) is 6.65. The molecule has 1 aromatic carbocycles. The SMILES string of the molecule is Cc1ccc(NC(=O)[C@H]2[C@@H](C(=O)[O-])[C@H]3C=C[C@@H]2C3)c(Br)c1. The summed E-state index contributed by atoms with van der Waals surface area (Å²) in [5, 5.41) is 14.2. The van der Waals surface area contributed by atoms with Crippen molar-refractivity contribution in [2.24, 2.45) is 23.7 Å². The third kappa shape index (κ3) is 2.50. The highest BCUT2D eigenvalue weighted by atomic mass is 79.9. The lowest BCUT2D eigenvalue weighted by molar-refractivity contribution is -0.313. The number of benzene rings is 1. The number of allylic oxidation sites excluding steroid dienone is 2. The van der Waals surface area contributed by atoms with Crippen LogP contribution in [0.15, 0.2) is 34.8 Å². The van der Waals surface area contributed by atoms with Crippen LogP contribution in [0.4, 0.5) is 5.69 Å². The predicted octanol–water partition coefficient (Wildman–Crippen LogP) is 1.88. The van der Waals surface area contributed by atoms with Gasteiger partial charge in [-0.25, -0.2) is 0 Å². The molecule has 110 valence electrons. The minimum absolute atomic E-state index is 0.00197. The van der Waals surface area contributed by atoms with Crippen LogP contribution in [0.1, 0.15) is 12.0 Å². The largest absolute Gasteiger partial charge is 0.550 e. The Morgan fingerprint density at radius 2 is 1.90 bits per heavy atom. The molecule has 21 heavy (non-hydrogen) atoms. The highest BCUT2D eigenvalue weighted by molar-refractivity contribution is 9.10. The van der Waals surface area contributed by atoms with Crippen LogP contribution < -0.4 is 10.4 Å². The first-order chi connectivity index (χ1) is 9.97. The number of nitrogens with one attached hydrogen (secondary N) is 1. The molecule has 0 aromatic heterocycles. The van der Waals surface area contributed by atoms with Crippen LogP contribution in [0, 0.1) is 30.6 Å². The summed E-state index contributed by atoms with van der Waals surface area (Å²) in [7, 11) is 0. The van der Waals surface area contributed by atoms with Crippen molar-refractivity contribution in [1.29, 1.82) is 0 Å². The molecule has 0 radical (unpaired) electrons. The zero-order valence-electron chi connectivity index (χ0n) is 11.5. The number of halogens is 1. The van der Waals surface area contributed by atoms with E-state index in [1.165, 1.54) is 0 Å². The number of rotatable bonds is 3. The van der Waals surface area contributed by atoms with Crippen LogP contribution >= 0.6 is 15.9 Å². The monoisotopic (exact) mass is 348 g/mol. The number of hydrogen-bond acceptors (Lipinski definition) is 3. The van der Waals surface area contributed by atoms with E-state index in [1.54, 1.807) is 0 Å². The lowest BCUT2D eigenvalue weighted by atomic mass is 9.82. The molecule has 1 amide bonds. The summed E-state index contributed by atoms with van der Waals surface area (Å²) >= 11 is 3.41. The third-order valence-corrected chi connectivity index (χ3v) is 5.07. The summed E-state index contributed by atoms with van der Waals surface area (Å²) in [5.74, 6) is -2.71. The van der Waals surface area contributed by atoms with Crippen LogP contribution in [0.2, 0.25) is 0 Å². The summed E-state index contributed by atoms with van der Waals surface area (Å²) in [4.78, 5) is 23.8. The summed E-state index contributed by atoms with van der Waals surface area (Å²) in [6.45, 7) is 1.96. The van der Waals surface area contributed by atoms with Gasteiger partial charge < -0.3 is 15.2 Å². The van der Waals surface area contributed by atoms with Gasteiger partial charge in [0.25, 0.3) is 0 Å². The van der Waals surface area contributed by atoms with E-state index < -0.39 is 17.8 Å². The zero-order valence-corrected chi connectivity index (χ0v) is 13.1. The van der Waals surface area contributed by atoms with Crippen molar-refractivity contribution in [1.82, 2.24) is 0 Å². The maximum Gasteiger partial charge on any atom is 0.228 e. The van der Waals surface area contributed by atoms with Crippen molar-refractivity contribution in [3.05, 3.63) is 40.4 Å². The maximum atomic E-state index is 12.5. The lowest BCUT2D eigenvalue weighted by Gasteiger charge is -2.28. The van der Waals surface area contributed by atoms with Gasteiger partial charge in [-0.3, -0.25) is 4.79 Å². The van der Waals surface area contributed by atoms with E-state index >= 15 is 0 Å². The van der Waals surface area contributed by atoms with Crippen molar-refractivity contribution >= 4 is 33.5 Å². The topological polar surface area (TPSA) is 69.2 Å². The Labute approximate surface area is 131 Å². The molecular weight excluding hydrogens is 334 g/mol. The van der Waals surface area contributed by atoms with Crippen molar-refractivity contribution in [3.8, 4) is 0 Å². The van der Waals surface area contributed by atoms with Gasteiger partial charge in [0.15, 0.2) is 0 Å². The second kappa shape index (κ2) is 5.30. The minimum Gasteiger partial charge on any atom is -0.550 e. The molecule has 4 nitrogen and oxygen atoms in total. The number of fused-ring (bicyclic) bond motifs is 2. The molecule has 0 saturated heterocycles. The average Bonchev–Trinajstić information content (AvgIpc) is 3.02. The second-order valence-electron chi connectivity index (χ2n) is 5.79. The first kappa shape index (κ1) is 14.3. The fourth-order valence-electron chi connectivity index (χ4n) is 3.44. The van der Waals surface area contributed by atoms with Gasteiger partial charge in [-0.2, -0.15) is 0 Å². The molecule has 2 bridgehead atoms. The van der Waals surface area contributed by atoms with E-state index in [1.807, 2.05) is 37.3 Å². The van der Waals surface area contributed by atoms with E-state index in [-0.39, 0.29) is 17.7 Å². The molecule has 0 spiro atoms. The molecule has 0 unspecified atom stereocenters. The lowest BCUT2D eigenvalue weighted by Crippen LogP contribution is -2.42. The number of carbonyl (C=O) groups is 2. The summed E-state index contributed by atoms with van der Waals surface area (Å²) in [5.41, 5.74) is 1.74. The zero-order chi connectivity index (χ0) is 15.1. The maximum absolute atomic E-state index is 12.5.